The summed E-state index contributed by atoms with van der Waals surface area (Å²) in [5, 5.41) is 13.1. The maximum atomic E-state index is 9.10. The molecule has 166 valence electrons. The number of hydrogen-bond donors (Lipinski definition) is 0. The number of hydrogen-bond acceptors (Lipinski definition) is 7. The molecule has 0 saturated carbocycles. The van der Waals surface area contributed by atoms with E-state index < -0.39 is 0 Å². The Balaban J connectivity index is 1.55. The highest BCUT2D eigenvalue weighted by atomic mass is 32.1. The molecule has 0 unspecified atom stereocenters. The van der Waals surface area contributed by atoms with E-state index in [1.807, 2.05) is 48.7 Å². The molecule has 1 saturated heterocycles. The zero-order valence-corrected chi connectivity index (χ0v) is 19.6. The molecule has 3 heterocycles. The first-order valence-corrected chi connectivity index (χ1v) is 11.8. The quantitative estimate of drug-likeness (QED) is 0.403. The molecule has 1 aliphatic rings. The Hall–Kier alpha value is -3.47. The highest BCUT2D eigenvalue weighted by Gasteiger charge is 2.25. The second-order valence-corrected chi connectivity index (χ2v) is 9.11. The fraction of sp³-hybridized carbons (Fsp3) is 0.269. The standard InChI is InChI=1S/C26H24N4O2S/c1-16-13-30(14-17(2)32-16)26-29-23(15-33-26)22-12-28-24-20(5-4-6-21(24)25(22)31-3)19-9-7-18(11-27)8-10-19/h4-10,12,15-17H,13-14H2,1-3H3/t16-,17+. The largest absolute Gasteiger partial charge is 0.495 e. The summed E-state index contributed by atoms with van der Waals surface area (Å²) in [5.41, 5.74) is 5.23. The summed E-state index contributed by atoms with van der Waals surface area (Å²) < 4.78 is 11.7. The summed E-state index contributed by atoms with van der Waals surface area (Å²) in [6, 6.07) is 15.8. The van der Waals surface area contributed by atoms with Crippen molar-refractivity contribution >= 4 is 27.4 Å². The maximum absolute atomic E-state index is 9.10. The summed E-state index contributed by atoms with van der Waals surface area (Å²) in [6.45, 7) is 5.86. The summed E-state index contributed by atoms with van der Waals surface area (Å²) in [6.07, 6.45) is 2.20. The van der Waals surface area contributed by atoms with Crippen LogP contribution < -0.4 is 9.64 Å². The molecular weight excluding hydrogens is 432 g/mol. The van der Waals surface area contributed by atoms with E-state index >= 15 is 0 Å². The van der Waals surface area contributed by atoms with Gasteiger partial charge in [-0.05, 0) is 37.6 Å². The fourth-order valence-electron chi connectivity index (χ4n) is 4.43. The van der Waals surface area contributed by atoms with Crippen LogP contribution in [0.2, 0.25) is 0 Å². The number of nitriles is 1. The number of fused-ring (bicyclic) bond motifs is 1. The molecule has 0 N–H and O–H groups in total. The SMILES string of the molecule is COc1c(-c2csc(N3C[C@@H](C)O[C@@H](C)C3)n2)cnc2c(-c3ccc(C#N)cc3)cccc12. The number of methoxy groups -OCH3 is 1. The molecule has 6 nitrogen and oxygen atoms in total. The minimum Gasteiger partial charge on any atom is -0.495 e. The van der Waals surface area contributed by atoms with Crippen molar-refractivity contribution in [3.63, 3.8) is 0 Å². The van der Waals surface area contributed by atoms with Gasteiger partial charge in [0.1, 0.15) is 5.75 Å². The lowest BCUT2D eigenvalue weighted by Crippen LogP contribution is -2.45. The smallest absolute Gasteiger partial charge is 0.186 e. The molecule has 5 rings (SSSR count). The number of rotatable bonds is 4. The summed E-state index contributed by atoms with van der Waals surface area (Å²) in [5.74, 6) is 0.760. The number of aromatic nitrogens is 2. The summed E-state index contributed by atoms with van der Waals surface area (Å²) >= 11 is 1.63. The number of morpholine rings is 1. The molecule has 0 bridgehead atoms. The third-order valence-corrected chi connectivity index (χ3v) is 6.74. The second kappa shape index (κ2) is 8.81. The Morgan fingerprint density at radius 2 is 1.85 bits per heavy atom. The van der Waals surface area contributed by atoms with Crippen molar-refractivity contribution < 1.29 is 9.47 Å². The molecule has 2 aromatic carbocycles. The lowest BCUT2D eigenvalue weighted by molar-refractivity contribution is -0.00522. The lowest BCUT2D eigenvalue weighted by Gasteiger charge is -2.35. The van der Waals surface area contributed by atoms with Gasteiger partial charge in [-0.25, -0.2) is 4.98 Å². The third kappa shape index (κ3) is 4.04. The number of pyridine rings is 1. The van der Waals surface area contributed by atoms with Gasteiger partial charge in [-0.1, -0.05) is 24.3 Å². The van der Waals surface area contributed by atoms with Crippen molar-refractivity contribution in [2.45, 2.75) is 26.1 Å². The van der Waals surface area contributed by atoms with Crippen LogP contribution in [0.1, 0.15) is 19.4 Å². The van der Waals surface area contributed by atoms with E-state index in [0.717, 1.165) is 57.3 Å². The number of benzene rings is 2. The predicted octanol–water partition coefficient (Wildman–Crippen LogP) is 5.52. The number of ether oxygens (including phenoxy) is 2. The monoisotopic (exact) mass is 456 g/mol. The zero-order chi connectivity index (χ0) is 22.9. The van der Waals surface area contributed by atoms with E-state index in [9.17, 15) is 0 Å². The molecule has 0 radical (unpaired) electrons. The maximum Gasteiger partial charge on any atom is 0.186 e. The highest BCUT2D eigenvalue weighted by molar-refractivity contribution is 7.14. The summed E-state index contributed by atoms with van der Waals surface area (Å²) in [7, 11) is 1.69. The zero-order valence-electron chi connectivity index (χ0n) is 18.8. The average molecular weight is 457 g/mol. The Kier molecular flexibility index (Phi) is 5.71. The van der Waals surface area contributed by atoms with Crippen LogP contribution in [0.3, 0.4) is 0 Å². The van der Waals surface area contributed by atoms with Crippen LogP contribution >= 0.6 is 11.3 Å². The second-order valence-electron chi connectivity index (χ2n) is 8.27. The molecular formula is C26H24N4O2S. The number of anilines is 1. The highest BCUT2D eigenvalue weighted by Crippen LogP contribution is 2.40. The van der Waals surface area contributed by atoms with Gasteiger partial charge in [0.25, 0.3) is 0 Å². The Bertz CT molecular complexity index is 1330. The minimum absolute atomic E-state index is 0.179. The normalized spacial score (nSPS) is 18.3. The van der Waals surface area contributed by atoms with Gasteiger partial charge in [-0.15, -0.1) is 11.3 Å². The van der Waals surface area contributed by atoms with Gasteiger partial charge >= 0.3 is 0 Å². The molecule has 0 amide bonds. The molecule has 2 aromatic heterocycles. The number of thiazole rings is 1. The van der Waals surface area contributed by atoms with Gasteiger partial charge in [0.2, 0.25) is 0 Å². The lowest BCUT2D eigenvalue weighted by atomic mass is 9.99. The number of nitrogens with zero attached hydrogens (tertiary/aromatic N) is 4. The predicted molar refractivity (Wildman–Crippen MR) is 132 cm³/mol. The average Bonchev–Trinajstić information content (AvgIpc) is 3.32. The molecule has 0 aliphatic carbocycles. The molecule has 1 fully saturated rings. The molecule has 7 heteroatoms. The van der Waals surface area contributed by atoms with Crippen LogP contribution in [0.5, 0.6) is 5.75 Å². The van der Waals surface area contributed by atoms with Gasteiger partial charge in [-0.3, -0.25) is 4.98 Å². The molecule has 0 spiro atoms. The molecule has 2 atom stereocenters. The van der Waals surface area contributed by atoms with Crippen LogP contribution in [0, 0.1) is 11.3 Å². The van der Waals surface area contributed by atoms with Crippen molar-refractivity contribution in [1.82, 2.24) is 9.97 Å². The minimum atomic E-state index is 0.179. The first-order chi connectivity index (χ1) is 16.1. The first-order valence-electron chi connectivity index (χ1n) is 10.9. The third-order valence-electron chi connectivity index (χ3n) is 5.84. The van der Waals surface area contributed by atoms with E-state index in [-0.39, 0.29) is 12.2 Å². The van der Waals surface area contributed by atoms with Crippen molar-refractivity contribution in [2.24, 2.45) is 0 Å². The Morgan fingerprint density at radius 1 is 1.09 bits per heavy atom. The topological polar surface area (TPSA) is 71.3 Å². The van der Waals surface area contributed by atoms with Crippen molar-refractivity contribution in [3.05, 3.63) is 59.6 Å². The van der Waals surface area contributed by atoms with Crippen LogP contribution in [0.25, 0.3) is 33.3 Å². The molecule has 4 aromatic rings. The van der Waals surface area contributed by atoms with Crippen LogP contribution in [0.15, 0.2) is 54.0 Å². The fourth-order valence-corrected chi connectivity index (χ4v) is 5.27. The Morgan fingerprint density at radius 3 is 2.55 bits per heavy atom. The van der Waals surface area contributed by atoms with Crippen molar-refractivity contribution in [3.8, 4) is 34.2 Å². The number of para-hydroxylation sites is 1. The van der Waals surface area contributed by atoms with Gasteiger partial charge in [0, 0.05) is 35.6 Å². The van der Waals surface area contributed by atoms with Crippen molar-refractivity contribution in [1.29, 1.82) is 5.26 Å². The Labute approximate surface area is 197 Å². The van der Waals surface area contributed by atoms with Crippen LogP contribution in [0.4, 0.5) is 5.13 Å². The van der Waals surface area contributed by atoms with Gasteiger partial charge < -0.3 is 14.4 Å². The molecule has 33 heavy (non-hydrogen) atoms. The van der Waals surface area contributed by atoms with Crippen LogP contribution in [-0.2, 0) is 4.74 Å². The van der Waals surface area contributed by atoms with E-state index in [4.69, 9.17) is 24.7 Å². The van der Waals surface area contributed by atoms with E-state index in [2.05, 4.69) is 30.2 Å². The molecule has 1 aliphatic heterocycles. The van der Waals surface area contributed by atoms with Gasteiger partial charge in [-0.2, -0.15) is 5.26 Å². The van der Waals surface area contributed by atoms with Gasteiger partial charge in [0.05, 0.1) is 47.7 Å². The van der Waals surface area contributed by atoms with E-state index in [1.165, 1.54) is 0 Å². The van der Waals surface area contributed by atoms with E-state index in [1.54, 1.807) is 18.4 Å². The summed E-state index contributed by atoms with van der Waals surface area (Å²) in [4.78, 5) is 12.0. The van der Waals surface area contributed by atoms with Gasteiger partial charge in [0.15, 0.2) is 5.13 Å². The van der Waals surface area contributed by atoms with E-state index in [0.29, 0.717) is 5.56 Å². The van der Waals surface area contributed by atoms with Crippen LogP contribution in [-0.4, -0.2) is 42.4 Å². The van der Waals surface area contributed by atoms with Crippen molar-refractivity contribution in [2.75, 3.05) is 25.1 Å². The first kappa shape index (κ1) is 21.4.